The van der Waals surface area contributed by atoms with Gasteiger partial charge in [0.05, 0.1) is 5.69 Å². The van der Waals surface area contributed by atoms with Gasteiger partial charge in [-0.2, -0.15) is 5.10 Å². The molecule has 3 aromatic rings. The van der Waals surface area contributed by atoms with E-state index in [-0.39, 0.29) is 0 Å². The van der Waals surface area contributed by atoms with Gasteiger partial charge in [0, 0.05) is 23.1 Å². The summed E-state index contributed by atoms with van der Waals surface area (Å²) in [5.74, 6) is 0.571. The molecule has 2 unspecified atom stereocenters. The third-order valence-electron chi connectivity index (χ3n) is 3.94. The monoisotopic (exact) mass is 362 g/mol. The van der Waals surface area contributed by atoms with E-state index in [9.17, 15) is 5.11 Å². The van der Waals surface area contributed by atoms with Crippen molar-refractivity contribution in [2.75, 3.05) is 0 Å². The number of benzene rings is 1. The van der Waals surface area contributed by atoms with E-state index in [1.807, 2.05) is 13.8 Å². The van der Waals surface area contributed by atoms with E-state index >= 15 is 0 Å². The zero-order valence-corrected chi connectivity index (χ0v) is 14.6. The van der Waals surface area contributed by atoms with E-state index < -0.39 is 17.7 Å². The first-order chi connectivity index (χ1) is 12.0. The Morgan fingerprint density at radius 3 is 2.68 bits per heavy atom. The highest BCUT2D eigenvalue weighted by molar-refractivity contribution is 6.30. The summed E-state index contributed by atoms with van der Waals surface area (Å²) in [6, 6.07) is 6.93. The smallest absolute Gasteiger partial charge is 0.219 e. The van der Waals surface area contributed by atoms with Gasteiger partial charge < -0.3 is 9.84 Å². The molecule has 0 radical (unpaired) electrons. The van der Waals surface area contributed by atoms with Gasteiger partial charge in [-0.05, 0) is 24.3 Å². The van der Waals surface area contributed by atoms with Crippen LogP contribution < -0.4 is 4.74 Å². The Bertz CT molecular complexity index is 774. The Morgan fingerprint density at radius 1 is 1.32 bits per heavy atom. The summed E-state index contributed by atoms with van der Waals surface area (Å²) < 4.78 is 7.48. The van der Waals surface area contributed by atoms with Crippen LogP contribution in [0.3, 0.4) is 0 Å². The van der Waals surface area contributed by atoms with E-state index in [0.717, 1.165) is 5.69 Å². The Balaban J connectivity index is 1.84. The Morgan fingerprint density at radius 2 is 2.08 bits per heavy atom. The van der Waals surface area contributed by atoms with E-state index in [2.05, 4.69) is 25.5 Å². The van der Waals surface area contributed by atoms with Crippen LogP contribution in [0.5, 0.6) is 5.75 Å². The number of aromatic amines is 1. The first-order valence-electron chi connectivity index (χ1n) is 7.75. The van der Waals surface area contributed by atoms with Crippen molar-refractivity contribution in [3.8, 4) is 5.75 Å². The maximum absolute atomic E-state index is 11.0. The summed E-state index contributed by atoms with van der Waals surface area (Å²) in [6.07, 6.45) is 3.48. The molecule has 0 aliphatic carbocycles. The lowest BCUT2D eigenvalue weighted by Gasteiger charge is -2.35. The van der Waals surface area contributed by atoms with Gasteiger partial charge in [-0.25, -0.2) is 9.67 Å². The number of aliphatic hydroxyl groups is 1. The summed E-state index contributed by atoms with van der Waals surface area (Å²) >= 11 is 5.91. The zero-order valence-electron chi connectivity index (χ0n) is 13.9. The molecule has 0 fully saturated rings. The maximum Gasteiger partial charge on any atom is 0.219 e. The minimum atomic E-state index is -0.887. The molecule has 2 aromatic heterocycles. The van der Waals surface area contributed by atoms with Crippen molar-refractivity contribution < 1.29 is 9.84 Å². The van der Waals surface area contributed by atoms with Gasteiger partial charge in [-0.3, -0.25) is 5.10 Å². The van der Waals surface area contributed by atoms with Crippen molar-refractivity contribution in [1.82, 2.24) is 30.2 Å². The van der Waals surface area contributed by atoms with Crippen molar-refractivity contribution in [3.05, 3.63) is 53.8 Å². The van der Waals surface area contributed by atoms with Crippen LogP contribution in [0.2, 0.25) is 5.02 Å². The lowest BCUT2D eigenvalue weighted by molar-refractivity contribution is -0.0794. The van der Waals surface area contributed by atoms with E-state index in [4.69, 9.17) is 16.3 Å². The van der Waals surface area contributed by atoms with Gasteiger partial charge in [-0.1, -0.05) is 30.7 Å². The van der Waals surface area contributed by atoms with Crippen LogP contribution in [0, 0.1) is 5.41 Å². The van der Waals surface area contributed by atoms with Gasteiger partial charge in [0.15, 0.2) is 0 Å². The number of nitrogens with zero attached hydrogens (tertiary/aromatic N) is 5. The topological polar surface area (TPSA) is 102 Å². The Hall–Kier alpha value is -2.45. The van der Waals surface area contributed by atoms with Gasteiger partial charge in [0.1, 0.15) is 24.5 Å². The third kappa shape index (κ3) is 4.15. The maximum atomic E-state index is 11.0. The standard InChI is InChI=1S/C16H19ClN6O2/c1-16(2,7-12-8-19-22-21-12)14(24)15(23-10-18-9-20-23)25-13-5-3-11(17)4-6-13/h3-6,8-10,14-15,24H,7H2,1-2H3,(H,19,21,22). The van der Waals surface area contributed by atoms with Crippen molar-refractivity contribution in [1.29, 1.82) is 0 Å². The van der Waals surface area contributed by atoms with Gasteiger partial charge >= 0.3 is 0 Å². The second kappa shape index (κ2) is 7.20. The van der Waals surface area contributed by atoms with Crippen molar-refractivity contribution in [2.24, 2.45) is 5.41 Å². The van der Waals surface area contributed by atoms with Gasteiger partial charge in [0.25, 0.3) is 0 Å². The minimum absolute atomic E-state index is 0.514. The van der Waals surface area contributed by atoms with Crippen molar-refractivity contribution in [3.63, 3.8) is 0 Å². The molecule has 0 aliphatic heterocycles. The van der Waals surface area contributed by atoms with E-state index in [1.165, 1.54) is 17.3 Å². The van der Waals surface area contributed by atoms with Crippen LogP contribution in [-0.2, 0) is 6.42 Å². The van der Waals surface area contributed by atoms with Crippen LogP contribution in [0.15, 0.2) is 43.1 Å². The van der Waals surface area contributed by atoms with Crippen LogP contribution >= 0.6 is 11.6 Å². The van der Waals surface area contributed by atoms with Crippen LogP contribution in [0.25, 0.3) is 0 Å². The lowest BCUT2D eigenvalue weighted by Crippen LogP contribution is -2.41. The highest BCUT2D eigenvalue weighted by Gasteiger charge is 2.38. The summed E-state index contributed by atoms with van der Waals surface area (Å²) in [6.45, 7) is 3.86. The Kier molecular flexibility index (Phi) is 5.00. The average Bonchev–Trinajstić information content (AvgIpc) is 3.27. The molecule has 0 saturated carbocycles. The minimum Gasteiger partial charge on any atom is -0.466 e. The molecule has 25 heavy (non-hydrogen) atoms. The fourth-order valence-corrected chi connectivity index (χ4v) is 2.66. The molecule has 0 spiro atoms. The molecule has 0 bridgehead atoms. The number of hydrogen-bond donors (Lipinski definition) is 2. The van der Waals surface area contributed by atoms with Crippen molar-refractivity contribution in [2.45, 2.75) is 32.6 Å². The molecule has 2 N–H and O–H groups in total. The van der Waals surface area contributed by atoms with Crippen molar-refractivity contribution >= 4 is 11.6 Å². The van der Waals surface area contributed by atoms with Gasteiger partial charge in [-0.15, -0.1) is 5.10 Å². The largest absolute Gasteiger partial charge is 0.466 e. The molecule has 0 aliphatic rings. The second-order valence-electron chi connectivity index (χ2n) is 6.41. The molecule has 132 valence electrons. The molecule has 8 nitrogen and oxygen atoms in total. The SMILES string of the molecule is CC(C)(Cc1c[nH]nn1)C(O)C(Oc1ccc(Cl)cc1)n1cncn1. The van der Waals surface area contributed by atoms with E-state index in [1.54, 1.807) is 30.5 Å². The normalized spacial score (nSPS) is 14.2. The highest BCUT2D eigenvalue weighted by atomic mass is 35.5. The lowest BCUT2D eigenvalue weighted by atomic mass is 9.81. The summed E-state index contributed by atoms with van der Waals surface area (Å²) in [5.41, 5.74) is 0.202. The number of halogens is 1. The number of nitrogens with one attached hydrogen (secondary N) is 1. The number of aromatic nitrogens is 6. The predicted octanol–water partition coefficient (Wildman–Crippen LogP) is 2.26. The second-order valence-corrected chi connectivity index (χ2v) is 6.85. The first kappa shape index (κ1) is 17.4. The molecular weight excluding hydrogens is 344 g/mol. The quantitative estimate of drug-likeness (QED) is 0.668. The third-order valence-corrected chi connectivity index (χ3v) is 4.19. The number of ether oxygens (including phenoxy) is 1. The molecule has 2 atom stereocenters. The predicted molar refractivity (Wildman–Crippen MR) is 91.0 cm³/mol. The molecule has 0 amide bonds. The summed E-state index contributed by atoms with van der Waals surface area (Å²) in [7, 11) is 0. The highest BCUT2D eigenvalue weighted by Crippen LogP contribution is 2.33. The van der Waals surface area contributed by atoms with Crippen LogP contribution in [-0.4, -0.2) is 41.4 Å². The van der Waals surface area contributed by atoms with Crippen LogP contribution in [0.1, 0.15) is 25.8 Å². The zero-order chi connectivity index (χ0) is 17.9. The fraction of sp³-hybridized carbons (Fsp3) is 0.375. The average molecular weight is 363 g/mol. The molecule has 1 aromatic carbocycles. The fourth-order valence-electron chi connectivity index (χ4n) is 2.53. The molecule has 2 heterocycles. The number of hydrogen-bond acceptors (Lipinski definition) is 6. The summed E-state index contributed by atoms with van der Waals surface area (Å²) in [5, 5.41) is 26.1. The Labute approximate surface area is 149 Å². The number of aliphatic hydroxyl groups excluding tert-OH is 1. The molecular formula is C16H19ClN6O2. The molecule has 3 rings (SSSR count). The number of rotatable bonds is 7. The number of H-pyrrole nitrogens is 1. The summed E-state index contributed by atoms with van der Waals surface area (Å²) in [4.78, 5) is 3.95. The first-order valence-corrected chi connectivity index (χ1v) is 8.13. The van der Waals surface area contributed by atoms with E-state index in [0.29, 0.717) is 17.2 Å². The molecule has 9 heteroatoms. The van der Waals surface area contributed by atoms with Gasteiger partial charge in [0.2, 0.25) is 6.23 Å². The van der Waals surface area contributed by atoms with Crippen LogP contribution in [0.4, 0.5) is 0 Å². The molecule has 0 saturated heterocycles.